The van der Waals surface area contributed by atoms with Crippen LogP contribution in [0.1, 0.15) is 45.4 Å². The van der Waals surface area contributed by atoms with E-state index in [0.717, 1.165) is 31.1 Å². The summed E-state index contributed by atoms with van der Waals surface area (Å²) in [7, 11) is 2.19. The number of hydrogen-bond donors (Lipinski definition) is 1. The van der Waals surface area contributed by atoms with E-state index < -0.39 is 0 Å². The van der Waals surface area contributed by atoms with Crippen molar-refractivity contribution in [2.24, 2.45) is 5.92 Å². The summed E-state index contributed by atoms with van der Waals surface area (Å²) >= 11 is 0. The molecule has 2 fully saturated rings. The minimum Gasteiger partial charge on any atom is -0.492 e. The predicted molar refractivity (Wildman–Crippen MR) is 89.3 cm³/mol. The van der Waals surface area contributed by atoms with Gasteiger partial charge in [0, 0.05) is 6.04 Å². The molecule has 21 heavy (non-hydrogen) atoms. The largest absolute Gasteiger partial charge is 0.492 e. The third-order valence-electron chi connectivity index (χ3n) is 4.62. The maximum atomic E-state index is 5.77. The monoisotopic (exact) mass is 292 g/mol. The number of likely N-dealkylation sites (N-methyl/N-ethyl adjacent to an activating group) is 1. The van der Waals surface area contributed by atoms with Crippen LogP contribution in [0, 0.1) is 5.92 Å². The van der Waals surface area contributed by atoms with E-state index in [9.17, 15) is 0 Å². The highest BCUT2D eigenvalue weighted by Gasteiger charge is 2.21. The molecule has 2 heterocycles. The first kappa shape index (κ1) is 16.6. The van der Waals surface area contributed by atoms with Crippen LogP contribution in [0.3, 0.4) is 0 Å². The minimum absolute atomic E-state index is 0.631. The molecule has 0 spiro atoms. The smallest absolute Gasteiger partial charge is 0.115 e. The lowest BCUT2D eigenvalue weighted by molar-refractivity contribution is 0.145. The summed E-state index contributed by atoms with van der Waals surface area (Å²) in [5.41, 5.74) is 0. The highest BCUT2D eigenvalue weighted by Crippen LogP contribution is 2.17. The van der Waals surface area contributed by atoms with Crippen LogP contribution in [-0.2, 0) is 4.74 Å². The Bertz CT molecular complexity index is 345. The molecule has 2 aliphatic heterocycles. The van der Waals surface area contributed by atoms with E-state index in [1.807, 2.05) is 0 Å². The van der Waals surface area contributed by atoms with E-state index in [1.165, 1.54) is 45.3 Å². The van der Waals surface area contributed by atoms with Gasteiger partial charge in [0.05, 0.1) is 0 Å². The van der Waals surface area contributed by atoms with Gasteiger partial charge in [-0.2, -0.15) is 0 Å². The number of nitrogens with one attached hydrogen (secondary N) is 1. The number of ether oxygens (including phenoxy) is 1. The van der Waals surface area contributed by atoms with Gasteiger partial charge in [-0.05, 0) is 83.3 Å². The number of hydrogen-bond acceptors (Lipinski definition) is 3. The van der Waals surface area contributed by atoms with E-state index in [1.54, 1.807) is 0 Å². The molecule has 2 saturated heterocycles. The molecule has 2 unspecified atom stereocenters. The molecular weight excluding hydrogens is 260 g/mol. The van der Waals surface area contributed by atoms with Gasteiger partial charge in [-0.3, -0.25) is 0 Å². The molecule has 0 aromatic carbocycles. The molecular formula is C18H32N2O. The van der Waals surface area contributed by atoms with Crippen molar-refractivity contribution < 1.29 is 4.74 Å². The number of allylic oxidation sites excluding steroid dienone is 3. The summed E-state index contributed by atoms with van der Waals surface area (Å²) in [5.74, 6) is 1.99. The van der Waals surface area contributed by atoms with Crippen LogP contribution in [0.25, 0.3) is 0 Å². The Morgan fingerprint density at radius 3 is 2.71 bits per heavy atom. The number of nitrogens with zero attached hydrogens (tertiary/aromatic N) is 1. The first-order valence-corrected chi connectivity index (χ1v) is 8.66. The maximum absolute atomic E-state index is 5.77. The van der Waals surface area contributed by atoms with Crippen molar-refractivity contribution in [2.75, 3.05) is 33.3 Å². The van der Waals surface area contributed by atoms with Crippen LogP contribution in [0.4, 0.5) is 0 Å². The van der Waals surface area contributed by atoms with E-state index >= 15 is 0 Å². The van der Waals surface area contributed by atoms with Gasteiger partial charge in [0.1, 0.15) is 12.4 Å². The molecule has 3 heteroatoms. The van der Waals surface area contributed by atoms with Crippen molar-refractivity contribution in [3.63, 3.8) is 0 Å². The molecule has 1 aliphatic carbocycles. The lowest BCUT2D eigenvalue weighted by Gasteiger charge is -2.20. The first-order chi connectivity index (χ1) is 10.3. The van der Waals surface area contributed by atoms with Crippen molar-refractivity contribution in [3.05, 3.63) is 24.0 Å². The Balaban J connectivity index is 0.000000194. The normalized spacial score (nSPS) is 29.5. The van der Waals surface area contributed by atoms with E-state index in [4.69, 9.17) is 4.74 Å². The Labute approximate surface area is 130 Å². The second kappa shape index (κ2) is 9.26. The Morgan fingerprint density at radius 2 is 2.19 bits per heavy atom. The lowest BCUT2D eigenvalue weighted by Crippen LogP contribution is -2.29. The van der Waals surface area contributed by atoms with Crippen LogP contribution in [0.2, 0.25) is 0 Å². The molecule has 0 aromatic rings. The molecule has 2 atom stereocenters. The molecule has 3 nitrogen and oxygen atoms in total. The number of rotatable bonds is 3. The average molecular weight is 292 g/mol. The number of piperidine rings is 1. The van der Waals surface area contributed by atoms with Gasteiger partial charge in [0.15, 0.2) is 0 Å². The lowest BCUT2D eigenvalue weighted by atomic mass is 10.0. The third-order valence-corrected chi connectivity index (χ3v) is 4.62. The van der Waals surface area contributed by atoms with Gasteiger partial charge in [0.25, 0.3) is 0 Å². The third kappa shape index (κ3) is 6.23. The van der Waals surface area contributed by atoms with Gasteiger partial charge in [0.2, 0.25) is 0 Å². The van der Waals surface area contributed by atoms with Crippen LogP contribution >= 0.6 is 0 Å². The van der Waals surface area contributed by atoms with Gasteiger partial charge in [-0.1, -0.05) is 13.0 Å². The van der Waals surface area contributed by atoms with Crippen molar-refractivity contribution in [2.45, 2.75) is 51.5 Å². The second-order valence-electron chi connectivity index (χ2n) is 6.63. The van der Waals surface area contributed by atoms with Gasteiger partial charge < -0.3 is 15.0 Å². The van der Waals surface area contributed by atoms with E-state index in [-0.39, 0.29) is 0 Å². The highest BCUT2D eigenvalue weighted by molar-refractivity contribution is 5.16. The molecule has 0 aromatic heterocycles. The molecule has 0 saturated carbocycles. The molecule has 1 N–H and O–H groups in total. The van der Waals surface area contributed by atoms with Crippen LogP contribution in [-0.4, -0.2) is 44.2 Å². The summed E-state index contributed by atoms with van der Waals surface area (Å²) in [6.45, 7) is 6.85. The summed E-state index contributed by atoms with van der Waals surface area (Å²) in [6.07, 6.45) is 14.2. The standard InChI is InChI=1S/C12H19NO.C6H13N/c1-13-9-5-6-11(13)10-14-12-7-3-2-4-8-12;1-6-3-2-4-7-5-6/h3,7-8,11H,2,4-6,9-10H2,1H3;6-7H,2-5H2,1H3. The molecule has 0 radical (unpaired) electrons. The Hall–Kier alpha value is -0.800. The number of likely N-dealkylation sites (tertiary alicyclic amines) is 1. The van der Waals surface area contributed by atoms with Crippen LogP contribution < -0.4 is 5.32 Å². The van der Waals surface area contributed by atoms with Crippen molar-refractivity contribution >= 4 is 0 Å². The first-order valence-electron chi connectivity index (χ1n) is 8.66. The zero-order valence-corrected chi connectivity index (χ0v) is 13.8. The average Bonchev–Trinajstić information content (AvgIpc) is 2.93. The molecule has 3 rings (SSSR count). The molecule has 0 amide bonds. The summed E-state index contributed by atoms with van der Waals surface area (Å²) in [4.78, 5) is 2.40. The molecule has 0 bridgehead atoms. The predicted octanol–water partition coefficient (Wildman–Crippen LogP) is 3.34. The van der Waals surface area contributed by atoms with Gasteiger partial charge in [-0.15, -0.1) is 0 Å². The van der Waals surface area contributed by atoms with Crippen molar-refractivity contribution in [1.82, 2.24) is 10.2 Å². The van der Waals surface area contributed by atoms with Gasteiger partial charge in [-0.25, -0.2) is 0 Å². The fraction of sp³-hybridized carbons (Fsp3) is 0.778. The van der Waals surface area contributed by atoms with Crippen LogP contribution in [0.5, 0.6) is 0 Å². The zero-order chi connectivity index (χ0) is 14.9. The molecule has 3 aliphatic rings. The quantitative estimate of drug-likeness (QED) is 0.863. The Morgan fingerprint density at radius 1 is 1.29 bits per heavy atom. The van der Waals surface area contributed by atoms with Crippen molar-refractivity contribution in [3.8, 4) is 0 Å². The zero-order valence-electron chi connectivity index (χ0n) is 13.8. The molecule has 120 valence electrons. The topological polar surface area (TPSA) is 24.5 Å². The highest BCUT2D eigenvalue weighted by atomic mass is 16.5. The van der Waals surface area contributed by atoms with Gasteiger partial charge >= 0.3 is 0 Å². The van der Waals surface area contributed by atoms with E-state index in [2.05, 4.69) is 42.4 Å². The van der Waals surface area contributed by atoms with Crippen LogP contribution in [0.15, 0.2) is 24.0 Å². The minimum atomic E-state index is 0.631. The summed E-state index contributed by atoms with van der Waals surface area (Å²) in [5, 5.41) is 3.33. The summed E-state index contributed by atoms with van der Waals surface area (Å²) < 4.78 is 5.77. The van der Waals surface area contributed by atoms with Crippen molar-refractivity contribution in [1.29, 1.82) is 0 Å². The second-order valence-corrected chi connectivity index (χ2v) is 6.63. The Kier molecular flexibility index (Phi) is 7.31. The summed E-state index contributed by atoms with van der Waals surface area (Å²) in [6, 6.07) is 0.631. The van der Waals surface area contributed by atoms with E-state index in [0.29, 0.717) is 6.04 Å². The fourth-order valence-corrected chi connectivity index (χ4v) is 3.10. The maximum Gasteiger partial charge on any atom is 0.115 e. The SMILES string of the molecule is CC1CCCNC1.CN1CCCC1COC1=CCCC=C1. The fourth-order valence-electron chi connectivity index (χ4n) is 3.10.